The van der Waals surface area contributed by atoms with E-state index in [2.05, 4.69) is 0 Å². The molecule has 1 fully saturated rings. The molecule has 0 aromatic heterocycles. The van der Waals surface area contributed by atoms with Gasteiger partial charge < -0.3 is 9.84 Å². The molecule has 1 rings (SSSR count). The Morgan fingerprint density at radius 3 is 2.60 bits per heavy atom. The molecular weight excluding hydrogens is 194 g/mol. The zero-order valence-electron chi connectivity index (χ0n) is 10.0. The molecule has 0 spiro atoms. The van der Waals surface area contributed by atoms with Crippen LogP contribution in [0.4, 0.5) is 4.79 Å². The van der Waals surface area contributed by atoms with Crippen LogP contribution in [0, 0.1) is 0 Å². The number of hydrogen-bond acceptors (Lipinski definition) is 3. The van der Waals surface area contributed by atoms with Crippen molar-refractivity contribution in [1.82, 2.24) is 4.90 Å². The van der Waals surface area contributed by atoms with Crippen LogP contribution in [0.3, 0.4) is 0 Å². The molecule has 1 saturated heterocycles. The quantitative estimate of drug-likeness (QED) is 0.729. The second-order valence-corrected chi connectivity index (χ2v) is 5.07. The molecule has 1 aliphatic rings. The summed E-state index contributed by atoms with van der Waals surface area (Å²) in [6, 6.07) is 0. The van der Waals surface area contributed by atoms with Crippen molar-refractivity contribution in [2.75, 3.05) is 6.54 Å². The van der Waals surface area contributed by atoms with E-state index in [0.29, 0.717) is 19.4 Å². The molecule has 1 heterocycles. The van der Waals surface area contributed by atoms with Gasteiger partial charge in [0, 0.05) is 6.54 Å². The Balaban J connectivity index is 2.67. The molecule has 15 heavy (non-hydrogen) atoms. The van der Waals surface area contributed by atoms with Crippen molar-refractivity contribution >= 4 is 6.09 Å². The van der Waals surface area contributed by atoms with Gasteiger partial charge in [0.25, 0.3) is 0 Å². The molecule has 1 amide bonds. The predicted molar refractivity (Wildman–Crippen MR) is 57.4 cm³/mol. The molecule has 1 aliphatic heterocycles. The second kappa shape index (κ2) is 4.00. The molecule has 1 N–H and O–H groups in total. The highest BCUT2D eigenvalue weighted by atomic mass is 16.6. The Morgan fingerprint density at radius 1 is 1.53 bits per heavy atom. The Morgan fingerprint density at radius 2 is 2.13 bits per heavy atom. The highest BCUT2D eigenvalue weighted by Gasteiger charge is 2.42. The third-order valence-electron chi connectivity index (χ3n) is 2.64. The highest BCUT2D eigenvalue weighted by molar-refractivity contribution is 5.69. The molecule has 88 valence electrons. The molecule has 0 unspecified atom stereocenters. The zero-order chi connectivity index (χ0) is 11.7. The summed E-state index contributed by atoms with van der Waals surface area (Å²) in [6.07, 6.45) is 1.61. The van der Waals surface area contributed by atoms with Crippen LogP contribution in [0.15, 0.2) is 0 Å². The van der Waals surface area contributed by atoms with Gasteiger partial charge in [0.05, 0.1) is 0 Å². The van der Waals surface area contributed by atoms with Gasteiger partial charge in [-0.2, -0.15) is 0 Å². The number of hydrogen-bond donors (Lipinski definition) is 1. The predicted octanol–water partition coefficient (Wildman–Crippen LogP) is 2.12. The first-order chi connectivity index (χ1) is 6.78. The van der Waals surface area contributed by atoms with E-state index >= 15 is 0 Å². The van der Waals surface area contributed by atoms with Crippen molar-refractivity contribution in [3.63, 3.8) is 0 Å². The van der Waals surface area contributed by atoms with E-state index in [-0.39, 0.29) is 0 Å². The van der Waals surface area contributed by atoms with Crippen LogP contribution in [0.25, 0.3) is 0 Å². The zero-order valence-corrected chi connectivity index (χ0v) is 10.0. The van der Waals surface area contributed by atoms with Gasteiger partial charge in [0.1, 0.15) is 11.3 Å². The first kappa shape index (κ1) is 12.3. The summed E-state index contributed by atoms with van der Waals surface area (Å²) < 4.78 is 5.25. The van der Waals surface area contributed by atoms with Crippen LogP contribution in [0.2, 0.25) is 0 Å². The van der Waals surface area contributed by atoms with E-state index in [1.807, 2.05) is 27.7 Å². The smallest absolute Gasteiger partial charge is 0.412 e. The number of likely N-dealkylation sites (tertiary alicyclic amines) is 1. The normalized spacial score (nSPS) is 26.9. The van der Waals surface area contributed by atoms with E-state index in [4.69, 9.17) is 4.74 Å². The molecule has 0 saturated carbocycles. The van der Waals surface area contributed by atoms with Gasteiger partial charge in [-0.3, -0.25) is 4.90 Å². The fourth-order valence-corrected chi connectivity index (χ4v) is 1.81. The summed E-state index contributed by atoms with van der Waals surface area (Å²) in [5.74, 6) is 0. The molecule has 0 aliphatic carbocycles. The number of amides is 1. The fraction of sp³-hybridized carbons (Fsp3) is 0.909. The van der Waals surface area contributed by atoms with Crippen LogP contribution in [-0.4, -0.2) is 34.0 Å². The summed E-state index contributed by atoms with van der Waals surface area (Å²) in [5.41, 5.74) is -1.50. The number of aliphatic hydroxyl groups is 1. The van der Waals surface area contributed by atoms with Crippen molar-refractivity contribution in [2.45, 2.75) is 58.3 Å². The standard InChI is InChI=1S/C11H21NO3/c1-5-11(14)7-6-8-12(11)9(13)15-10(2,3)4/h14H,5-8H2,1-4H3/t11-/m1/s1. The summed E-state index contributed by atoms with van der Waals surface area (Å²) in [7, 11) is 0. The fourth-order valence-electron chi connectivity index (χ4n) is 1.81. The Kier molecular flexibility index (Phi) is 3.28. The molecule has 4 nitrogen and oxygen atoms in total. The molecular formula is C11H21NO3. The lowest BCUT2D eigenvalue weighted by Gasteiger charge is -2.34. The van der Waals surface area contributed by atoms with Crippen molar-refractivity contribution < 1.29 is 14.6 Å². The minimum atomic E-state index is -0.998. The van der Waals surface area contributed by atoms with Gasteiger partial charge in [-0.25, -0.2) is 4.79 Å². The number of rotatable bonds is 1. The number of nitrogens with zero attached hydrogens (tertiary/aromatic N) is 1. The van der Waals surface area contributed by atoms with Gasteiger partial charge in [-0.15, -0.1) is 0 Å². The van der Waals surface area contributed by atoms with Crippen LogP contribution >= 0.6 is 0 Å². The van der Waals surface area contributed by atoms with Gasteiger partial charge in [-0.1, -0.05) is 6.92 Å². The Hall–Kier alpha value is -0.770. The monoisotopic (exact) mass is 215 g/mol. The number of carbonyl (C=O) groups excluding carboxylic acids is 1. The molecule has 1 atom stereocenters. The van der Waals surface area contributed by atoms with Crippen molar-refractivity contribution in [2.24, 2.45) is 0 Å². The molecule has 0 bridgehead atoms. The molecule has 0 aromatic rings. The van der Waals surface area contributed by atoms with E-state index in [1.165, 1.54) is 4.90 Å². The van der Waals surface area contributed by atoms with Crippen molar-refractivity contribution in [3.8, 4) is 0 Å². The minimum absolute atomic E-state index is 0.413. The summed E-state index contributed by atoms with van der Waals surface area (Å²) in [6.45, 7) is 7.94. The molecule has 0 radical (unpaired) electrons. The average Bonchev–Trinajstić information content (AvgIpc) is 2.45. The third-order valence-corrected chi connectivity index (χ3v) is 2.64. The van der Waals surface area contributed by atoms with E-state index in [9.17, 15) is 9.90 Å². The van der Waals surface area contributed by atoms with Crippen molar-refractivity contribution in [1.29, 1.82) is 0 Å². The van der Waals surface area contributed by atoms with Gasteiger partial charge in [-0.05, 0) is 40.0 Å². The highest BCUT2D eigenvalue weighted by Crippen LogP contribution is 2.30. The third kappa shape index (κ3) is 2.84. The largest absolute Gasteiger partial charge is 0.444 e. The number of carbonyl (C=O) groups is 1. The number of ether oxygens (including phenoxy) is 1. The maximum atomic E-state index is 11.8. The lowest BCUT2D eigenvalue weighted by Crippen LogP contribution is -2.48. The van der Waals surface area contributed by atoms with Crippen molar-refractivity contribution in [3.05, 3.63) is 0 Å². The van der Waals surface area contributed by atoms with Gasteiger partial charge in [0.15, 0.2) is 0 Å². The first-order valence-corrected chi connectivity index (χ1v) is 5.51. The maximum Gasteiger partial charge on any atom is 0.412 e. The van der Waals surface area contributed by atoms with E-state index in [1.54, 1.807) is 0 Å². The summed E-state index contributed by atoms with van der Waals surface area (Å²) >= 11 is 0. The van der Waals surface area contributed by atoms with Crippen LogP contribution < -0.4 is 0 Å². The van der Waals surface area contributed by atoms with Crippen LogP contribution in [0.1, 0.15) is 47.0 Å². The summed E-state index contributed by atoms with van der Waals surface area (Å²) in [5, 5.41) is 10.2. The maximum absolute atomic E-state index is 11.8. The Labute approximate surface area is 91.2 Å². The van der Waals surface area contributed by atoms with Gasteiger partial charge in [0.2, 0.25) is 0 Å². The Bertz CT molecular complexity index is 247. The summed E-state index contributed by atoms with van der Waals surface area (Å²) in [4.78, 5) is 13.2. The lowest BCUT2D eigenvalue weighted by molar-refractivity contribution is -0.0856. The first-order valence-electron chi connectivity index (χ1n) is 5.51. The lowest BCUT2D eigenvalue weighted by atomic mass is 10.1. The molecule has 4 heteroatoms. The van der Waals surface area contributed by atoms with E-state index < -0.39 is 17.4 Å². The topological polar surface area (TPSA) is 49.8 Å². The SMILES string of the molecule is CC[C@@]1(O)CCCN1C(=O)OC(C)(C)C. The second-order valence-electron chi connectivity index (χ2n) is 5.07. The van der Waals surface area contributed by atoms with Crippen LogP contribution in [-0.2, 0) is 4.74 Å². The molecule has 0 aromatic carbocycles. The minimum Gasteiger partial charge on any atom is -0.444 e. The van der Waals surface area contributed by atoms with Gasteiger partial charge >= 0.3 is 6.09 Å². The van der Waals surface area contributed by atoms with E-state index in [0.717, 1.165) is 6.42 Å². The van der Waals surface area contributed by atoms with Crippen LogP contribution in [0.5, 0.6) is 0 Å². The average molecular weight is 215 g/mol.